The topological polar surface area (TPSA) is 136 Å². The van der Waals surface area contributed by atoms with Crippen LogP contribution in [0.5, 0.6) is 11.5 Å². The molecule has 27 heavy (non-hydrogen) atoms. The molecule has 0 radical (unpaired) electrons. The molecule has 0 unspecified atom stereocenters. The van der Waals surface area contributed by atoms with E-state index in [1.54, 1.807) is 30.3 Å². The highest BCUT2D eigenvalue weighted by Gasteiger charge is 2.14. The predicted octanol–water partition coefficient (Wildman–Crippen LogP) is 3.07. The average Bonchev–Trinajstić information content (AvgIpc) is 2.65. The van der Waals surface area contributed by atoms with E-state index in [2.05, 4.69) is 26.2 Å². The molecule has 0 bridgehead atoms. The third-order valence-electron chi connectivity index (χ3n) is 3.35. The molecule has 2 rings (SSSR count). The van der Waals surface area contributed by atoms with Gasteiger partial charge >= 0.3 is 0 Å². The molecule has 0 aliphatic heterocycles. The van der Waals surface area contributed by atoms with Crippen LogP contribution in [0, 0.1) is 0 Å². The summed E-state index contributed by atoms with van der Waals surface area (Å²) in [5.74, 6) is 0.857. The molecule has 11 heteroatoms. The Hall–Kier alpha value is -2.36. The predicted molar refractivity (Wildman–Crippen MR) is 111 cm³/mol. The van der Waals surface area contributed by atoms with Gasteiger partial charge in [-0.1, -0.05) is 28.5 Å². The lowest BCUT2D eigenvalue weighted by molar-refractivity contribution is 0.282. The molecule has 0 saturated heterocycles. The monoisotopic (exact) mass is 480 g/mol. The molecule has 8 nitrogen and oxygen atoms in total. The summed E-state index contributed by atoms with van der Waals surface area (Å²) in [4.78, 5) is 0. The lowest BCUT2D eigenvalue weighted by Crippen LogP contribution is -2.14. The number of halogens is 3. The molecule has 0 heterocycles. The molecule has 148 valence electrons. The first-order valence-electron chi connectivity index (χ1n) is 7.05. The normalized spacial score (nSPS) is 11.2. The van der Waals surface area contributed by atoms with E-state index in [-0.39, 0.29) is 43.1 Å². The van der Waals surface area contributed by atoms with Crippen LogP contribution in [0.4, 0.5) is 0 Å². The van der Waals surface area contributed by atoms with Crippen molar-refractivity contribution in [3.05, 3.63) is 57.6 Å². The fourth-order valence-electron chi connectivity index (χ4n) is 2.10. The van der Waals surface area contributed by atoms with Gasteiger partial charge in [0.25, 0.3) is 0 Å². The van der Waals surface area contributed by atoms with Crippen molar-refractivity contribution in [2.75, 3.05) is 7.11 Å². The van der Waals surface area contributed by atoms with Crippen LogP contribution in [-0.4, -0.2) is 29.2 Å². The van der Waals surface area contributed by atoms with Crippen LogP contribution >= 0.6 is 40.7 Å². The molecule has 0 saturated carbocycles. The highest BCUT2D eigenvalue weighted by molar-refractivity contribution is 9.10. The van der Waals surface area contributed by atoms with Gasteiger partial charge in [0.1, 0.15) is 6.61 Å². The summed E-state index contributed by atoms with van der Waals surface area (Å²) < 4.78 is 11.7. The number of methoxy groups -OCH3 is 1. The van der Waals surface area contributed by atoms with Crippen molar-refractivity contribution in [2.24, 2.45) is 21.8 Å². The van der Waals surface area contributed by atoms with Gasteiger partial charge in [-0.25, -0.2) is 0 Å². The zero-order valence-electron chi connectivity index (χ0n) is 14.1. The van der Waals surface area contributed by atoms with Crippen molar-refractivity contribution >= 4 is 52.4 Å². The van der Waals surface area contributed by atoms with Gasteiger partial charge in [-0.3, -0.25) is 0 Å². The molecular weight excluding hydrogens is 463 g/mol. The maximum absolute atomic E-state index is 8.79. The van der Waals surface area contributed by atoms with E-state index in [1.165, 1.54) is 7.11 Å². The van der Waals surface area contributed by atoms with Gasteiger partial charge < -0.3 is 31.4 Å². The summed E-state index contributed by atoms with van der Waals surface area (Å²) in [6.07, 6.45) is 0. The molecule has 0 atom stereocenters. The maximum Gasteiger partial charge on any atom is 0.175 e. The Labute approximate surface area is 176 Å². The SMILES string of the molecule is COc1cc(/C(N)=N/O)cc(Br)c1OCc1cccc(/C(N)=N/O)c1.Cl.Cl. The minimum absolute atomic E-state index is 0. The number of hydrogen-bond acceptors (Lipinski definition) is 6. The Kier molecular flexibility index (Phi) is 10.4. The third kappa shape index (κ3) is 6.09. The first-order chi connectivity index (χ1) is 12.0. The number of oxime groups is 2. The Balaban J connectivity index is 0.00000338. The third-order valence-corrected chi connectivity index (χ3v) is 3.94. The zero-order chi connectivity index (χ0) is 18.4. The van der Waals surface area contributed by atoms with Crippen LogP contribution in [0.1, 0.15) is 16.7 Å². The Morgan fingerprint density at radius 1 is 1.04 bits per heavy atom. The molecule has 0 aliphatic rings. The highest BCUT2D eigenvalue weighted by Crippen LogP contribution is 2.37. The van der Waals surface area contributed by atoms with Crippen molar-refractivity contribution < 1.29 is 19.9 Å². The number of nitrogens with zero attached hydrogens (tertiary/aromatic N) is 2. The Bertz CT molecular complexity index is 834. The second-order valence-corrected chi connectivity index (χ2v) is 5.80. The first-order valence-corrected chi connectivity index (χ1v) is 7.84. The van der Waals surface area contributed by atoms with Crippen LogP contribution in [-0.2, 0) is 6.61 Å². The largest absolute Gasteiger partial charge is 0.493 e. The lowest BCUT2D eigenvalue weighted by Gasteiger charge is -2.14. The number of ether oxygens (including phenoxy) is 2. The summed E-state index contributed by atoms with van der Waals surface area (Å²) in [7, 11) is 1.49. The van der Waals surface area contributed by atoms with Gasteiger partial charge in [-0.15, -0.1) is 24.8 Å². The number of amidine groups is 2. The van der Waals surface area contributed by atoms with E-state index in [9.17, 15) is 0 Å². The fraction of sp³-hybridized carbons (Fsp3) is 0.125. The molecule has 0 aliphatic carbocycles. The Morgan fingerprint density at radius 2 is 1.67 bits per heavy atom. The van der Waals surface area contributed by atoms with Gasteiger partial charge in [0, 0.05) is 11.1 Å². The van der Waals surface area contributed by atoms with Crippen molar-refractivity contribution in [3.63, 3.8) is 0 Å². The second kappa shape index (κ2) is 11.4. The van der Waals surface area contributed by atoms with Gasteiger partial charge in [0.05, 0.1) is 11.6 Å². The average molecular weight is 482 g/mol. The molecule has 0 spiro atoms. The number of rotatable bonds is 6. The summed E-state index contributed by atoms with van der Waals surface area (Å²) in [5.41, 5.74) is 13.1. The molecular formula is C16H19BrCl2N4O4. The van der Waals surface area contributed by atoms with E-state index < -0.39 is 0 Å². The molecule has 6 N–H and O–H groups in total. The summed E-state index contributed by atoms with van der Waals surface area (Å²) in [6, 6.07) is 10.3. The van der Waals surface area contributed by atoms with E-state index in [0.29, 0.717) is 27.1 Å². The minimum atomic E-state index is -0.0444. The van der Waals surface area contributed by atoms with Crippen molar-refractivity contribution in [1.29, 1.82) is 0 Å². The van der Waals surface area contributed by atoms with Crippen LogP contribution < -0.4 is 20.9 Å². The van der Waals surface area contributed by atoms with Crippen LogP contribution in [0.2, 0.25) is 0 Å². The second-order valence-electron chi connectivity index (χ2n) is 4.95. The molecule has 0 aromatic heterocycles. The smallest absolute Gasteiger partial charge is 0.175 e. The van der Waals surface area contributed by atoms with E-state index in [1.807, 2.05) is 6.07 Å². The number of nitrogens with two attached hydrogens (primary N) is 2. The van der Waals surface area contributed by atoms with E-state index in [0.717, 1.165) is 5.56 Å². The first kappa shape index (κ1) is 24.6. The van der Waals surface area contributed by atoms with Gasteiger partial charge in [-0.2, -0.15) is 0 Å². The van der Waals surface area contributed by atoms with Crippen molar-refractivity contribution in [2.45, 2.75) is 6.61 Å². The van der Waals surface area contributed by atoms with Crippen molar-refractivity contribution in [1.82, 2.24) is 0 Å². The van der Waals surface area contributed by atoms with Crippen LogP contribution in [0.15, 0.2) is 51.2 Å². The number of hydrogen-bond donors (Lipinski definition) is 4. The van der Waals surface area contributed by atoms with Gasteiger partial charge in [0.2, 0.25) is 0 Å². The molecule has 2 aromatic carbocycles. The Morgan fingerprint density at radius 3 is 2.26 bits per heavy atom. The summed E-state index contributed by atoms with van der Waals surface area (Å²) >= 11 is 3.39. The minimum Gasteiger partial charge on any atom is -0.493 e. The van der Waals surface area contributed by atoms with Crippen molar-refractivity contribution in [3.8, 4) is 11.5 Å². The van der Waals surface area contributed by atoms with E-state index >= 15 is 0 Å². The quantitative estimate of drug-likeness (QED) is 0.216. The molecule has 2 aromatic rings. The van der Waals surface area contributed by atoms with Gasteiger partial charge in [-0.05, 0) is 39.7 Å². The lowest BCUT2D eigenvalue weighted by atomic mass is 10.1. The highest BCUT2D eigenvalue weighted by atomic mass is 79.9. The van der Waals surface area contributed by atoms with E-state index in [4.69, 9.17) is 31.4 Å². The molecule has 0 fully saturated rings. The molecule has 0 amide bonds. The van der Waals surface area contributed by atoms with Gasteiger partial charge in [0.15, 0.2) is 23.2 Å². The summed E-state index contributed by atoms with van der Waals surface area (Å²) in [5, 5.41) is 23.5. The fourth-order valence-corrected chi connectivity index (χ4v) is 2.66. The maximum atomic E-state index is 8.79. The van der Waals surface area contributed by atoms with Crippen LogP contribution in [0.3, 0.4) is 0 Å². The standard InChI is InChI=1S/C16H17BrN4O4.2ClH/c1-24-13-7-11(16(19)21-23)6-12(17)14(13)25-8-9-3-2-4-10(5-9)15(18)20-22;;/h2-7,22-23H,8H2,1H3,(H2,18,20)(H2,19,21);2*1H. The number of benzene rings is 2. The van der Waals surface area contributed by atoms with Crippen LogP contribution in [0.25, 0.3) is 0 Å². The summed E-state index contributed by atoms with van der Waals surface area (Å²) in [6.45, 7) is 0.227. The zero-order valence-corrected chi connectivity index (χ0v) is 17.3.